The number of imidazole rings is 1. The van der Waals surface area contributed by atoms with Gasteiger partial charge < -0.3 is 21.1 Å². The second-order valence-corrected chi connectivity index (χ2v) is 8.37. The molecule has 1 saturated heterocycles. The molecule has 0 radical (unpaired) electrons. The zero-order chi connectivity index (χ0) is 22.2. The lowest BCUT2D eigenvalue weighted by atomic mass is 9.93. The number of aromatic nitrogens is 4. The van der Waals surface area contributed by atoms with Crippen molar-refractivity contribution < 1.29 is 18.3 Å². The Bertz CT molecular complexity index is 1100. The molecule has 2 fully saturated rings. The minimum Gasteiger partial charge on any atom is -0.393 e. The van der Waals surface area contributed by atoms with Crippen molar-refractivity contribution in [1.82, 2.24) is 24.8 Å². The number of nitrogens with one attached hydrogen (secondary N) is 3. The maximum Gasteiger partial charge on any atom is 0.224 e. The van der Waals surface area contributed by atoms with E-state index in [2.05, 4.69) is 30.9 Å². The topological polar surface area (TPSA) is 99.9 Å². The van der Waals surface area contributed by atoms with Crippen LogP contribution in [0.15, 0.2) is 18.3 Å². The minimum atomic E-state index is -1.04. The first-order valence-electron chi connectivity index (χ1n) is 10.8. The van der Waals surface area contributed by atoms with Gasteiger partial charge in [0.2, 0.25) is 11.9 Å². The molecule has 1 aliphatic carbocycles. The van der Waals surface area contributed by atoms with Crippen LogP contribution >= 0.6 is 0 Å². The standard InChI is InChI=1S/C21H24F3N7O/c22-11-7-15(23)18(16(24)8-11)29-21-28-17-10-26-20(27-12-1-3-14(32)4-2-12)30-19(17)31(21)13-5-6-25-9-13/h7-8,10,12-14,25,32H,1-6,9H2,(H,28,29)(H,26,27,30)/t12?,13-,14?/m0/s1. The molecule has 1 aliphatic heterocycles. The highest BCUT2D eigenvalue weighted by atomic mass is 19.1. The van der Waals surface area contributed by atoms with Crippen molar-refractivity contribution in [3.05, 3.63) is 35.8 Å². The summed E-state index contributed by atoms with van der Waals surface area (Å²) in [7, 11) is 0. The molecule has 170 valence electrons. The van der Waals surface area contributed by atoms with E-state index in [1.807, 2.05) is 4.57 Å². The van der Waals surface area contributed by atoms with E-state index in [0.717, 1.165) is 38.6 Å². The van der Waals surface area contributed by atoms with Crippen LogP contribution in [0.2, 0.25) is 0 Å². The van der Waals surface area contributed by atoms with Crippen LogP contribution in [-0.2, 0) is 0 Å². The smallest absolute Gasteiger partial charge is 0.224 e. The third-order valence-corrected chi connectivity index (χ3v) is 6.11. The van der Waals surface area contributed by atoms with Crippen molar-refractivity contribution >= 4 is 28.7 Å². The number of benzene rings is 1. The Labute approximate surface area is 182 Å². The summed E-state index contributed by atoms with van der Waals surface area (Å²) in [5.74, 6) is -2.42. The summed E-state index contributed by atoms with van der Waals surface area (Å²) in [6.45, 7) is 1.45. The number of hydrogen-bond donors (Lipinski definition) is 4. The number of halogens is 3. The predicted octanol–water partition coefficient (Wildman–Crippen LogP) is 3.24. The van der Waals surface area contributed by atoms with Gasteiger partial charge in [-0.1, -0.05) is 0 Å². The molecular weight excluding hydrogens is 423 g/mol. The molecule has 1 aromatic carbocycles. The summed E-state index contributed by atoms with van der Waals surface area (Å²) in [5.41, 5.74) is 0.547. The molecule has 0 bridgehead atoms. The third-order valence-electron chi connectivity index (χ3n) is 6.11. The van der Waals surface area contributed by atoms with Crippen molar-refractivity contribution in [3.8, 4) is 0 Å². The molecule has 5 rings (SSSR count). The van der Waals surface area contributed by atoms with Crippen molar-refractivity contribution in [2.75, 3.05) is 23.7 Å². The Morgan fingerprint density at radius 1 is 1.03 bits per heavy atom. The number of fused-ring (bicyclic) bond motifs is 1. The molecule has 32 heavy (non-hydrogen) atoms. The summed E-state index contributed by atoms with van der Waals surface area (Å²) in [5, 5.41) is 19.0. The lowest BCUT2D eigenvalue weighted by molar-refractivity contribution is 0.126. The van der Waals surface area contributed by atoms with E-state index in [9.17, 15) is 18.3 Å². The van der Waals surface area contributed by atoms with E-state index >= 15 is 0 Å². The Morgan fingerprint density at radius 2 is 1.78 bits per heavy atom. The minimum absolute atomic E-state index is 0.0263. The fraction of sp³-hybridized carbons (Fsp3) is 0.476. The Balaban J connectivity index is 1.51. The van der Waals surface area contributed by atoms with E-state index in [-0.39, 0.29) is 24.1 Å². The van der Waals surface area contributed by atoms with Gasteiger partial charge in [-0.2, -0.15) is 4.98 Å². The summed E-state index contributed by atoms with van der Waals surface area (Å²) >= 11 is 0. The molecule has 1 atom stereocenters. The van der Waals surface area contributed by atoms with Gasteiger partial charge in [0.25, 0.3) is 0 Å². The van der Waals surface area contributed by atoms with Crippen LogP contribution in [0.25, 0.3) is 11.2 Å². The summed E-state index contributed by atoms with van der Waals surface area (Å²) in [6.07, 6.45) is 5.22. The number of aliphatic hydroxyl groups is 1. The van der Waals surface area contributed by atoms with Gasteiger partial charge in [-0.25, -0.2) is 23.1 Å². The molecule has 2 aromatic heterocycles. The molecule has 0 amide bonds. The van der Waals surface area contributed by atoms with Gasteiger partial charge >= 0.3 is 0 Å². The number of aliphatic hydroxyl groups excluding tert-OH is 1. The van der Waals surface area contributed by atoms with Crippen LogP contribution < -0.4 is 16.0 Å². The molecule has 3 aromatic rings. The van der Waals surface area contributed by atoms with Gasteiger partial charge in [-0.15, -0.1) is 0 Å². The van der Waals surface area contributed by atoms with E-state index in [1.165, 1.54) is 0 Å². The van der Waals surface area contributed by atoms with Crippen LogP contribution in [-0.4, -0.2) is 49.9 Å². The fourth-order valence-electron chi connectivity index (χ4n) is 4.43. The SMILES string of the molecule is OC1CCC(Nc2ncc3nc(Nc4c(F)cc(F)cc4F)n([C@H]4CCNC4)c3n2)CC1. The van der Waals surface area contributed by atoms with Crippen molar-refractivity contribution in [2.24, 2.45) is 0 Å². The Hall–Kier alpha value is -2.92. The maximum atomic E-state index is 14.3. The summed E-state index contributed by atoms with van der Waals surface area (Å²) in [6, 6.07) is 1.39. The normalized spacial score (nSPS) is 23.6. The summed E-state index contributed by atoms with van der Waals surface area (Å²) in [4.78, 5) is 13.5. The van der Waals surface area contributed by atoms with Gasteiger partial charge in [0.05, 0.1) is 18.3 Å². The van der Waals surface area contributed by atoms with Gasteiger partial charge in [0.15, 0.2) is 17.3 Å². The monoisotopic (exact) mass is 447 g/mol. The Kier molecular flexibility index (Phi) is 5.60. The van der Waals surface area contributed by atoms with Crippen molar-refractivity contribution in [2.45, 2.75) is 50.3 Å². The van der Waals surface area contributed by atoms with E-state index in [0.29, 0.717) is 35.8 Å². The highest BCUT2D eigenvalue weighted by Crippen LogP contribution is 2.31. The lowest BCUT2D eigenvalue weighted by Gasteiger charge is -2.26. The highest BCUT2D eigenvalue weighted by Gasteiger charge is 2.26. The molecule has 11 heteroatoms. The first-order valence-corrected chi connectivity index (χ1v) is 10.8. The van der Waals surface area contributed by atoms with Crippen LogP contribution in [0.5, 0.6) is 0 Å². The van der Waals surface area contributed by atoms with E-state index < -0.39 is 23.1 Å². The molecule has 4 N–H and O–H groups in total. The molecule has 3 heterocycles. The molecular formula is C21H24F3N7O. The number of nitrogens with zero attached hydrogens (tertiary/aromatic N) is 4. The largest absolute Gasteiger partial charge is 0.393 e. The van der Waals surface area contributed by atoms with Crippen LogP contribution in [0.4, 0.5) is 30.8 Å². The zero-order valence-corrected chi connectivity index (χ0v) is 17.3. The van der Waals surface area contributed by atoms with E-state index in [1.54, 1.807) is 6.20 Å². The van der Waals surface area contributed by atoms with Crippen molar-refractivity contribution in [3.63, 3.8) is 0 Å². The van der Waals surface area contributed by atoms with Gasteiger partial charge in [0.1, 0.15) is 17.0 Å². The van der Waals surface area contributed by atoms with Crippen LogP contribution in [0, 0.1) is 17.5 Å². The van der Waals surface area contributed by atoms with E-state index in [4.69, 9.17) is 0 Å². The fourth-order valence-corrected chi connectivity index (χ4v) is 4.43. The molecule has 1 saturated carbocycles. The lowest BCUT2D eigenvalue weighted by Crippen LogP contribution is -2.29. The summed E-state index contributed by atoms with van der Waals surface area (Å²) < 4.78 is 43.7. The predicted molar refractivity (Wildman–Crippen MR) is 113 cm³/mol. The molecule has 0 unspecified atom stereocenters. The number of hydrogen-bond acceptors (Lipinski definition) is 7. The second kappa shape index (κ2) is 8.55. The molecule has 0 spiro atoms. The maximum absolute atomic E-state index is 14.3. The quantitative estimate of drug-likeness (QED) is 0.477. The first kappa shape index (κ1) is 21.0. The third kappa shape index (κ3) is 4.09. The van der Waals surface area contributed by atoms with Gasteiger partial charge in [-0.05, 0) is 38.6 Å². The van der Waals surface area contributed by atoms with Crippen LogP contribution in [0.1, 0.15) is 38.1 Å². The average Bonchev–Trinajstić information content (AvgIpc) is 3.39. The second-order valence-electron chi connectivity index (χ2n) is 8.37. The number of anilines is 3. The molecule has 8 nitrogen and oxygen atoms in total. The van der Waals surface area contributed by atoms with Gasteiger partial charge in [-0.3, -0.25) is 4.57 Å². The van der Waals surface area contributed by atoms with Gasteiger partial charge in [0, 0.05) is 24.7 Å². The first-order chi connectivity index (χ1) is 15.5. The number of rotatable bonds is 5. The highest BCUT2D eigenvalue weighted by molar-refractivity contribution is 5.76. The Morgan fingerprint density at radius 3 is 2.47 bits per heavy atom. The average molecular weight is 447 g/mol. The van der Waals surface area contributed by atoms with Crippen molar-refractivity contribution in [1.29, 1.82) is 0 Å². The molecule has 2 aliphatic rings. The zero-order valence-electron chi connectivity index (χ0n) is 17.3. The van der Waals surface area contributed by atoms with Crippen LogP contribution in [0.3, 0.4) is 0 Å².